The lowest BCUT2D eigenvalue weighted by molar-refractivity contribution is -0.137. The maximum Gasteiger partial charge on any atom is 0.416 e. The van der Waals surface area contributed by atoms with Gasteiger partial charge in [-0.15, -0.1) is 0 Å². The minimum absolute atomic E-state index is 0.0152. The maximum atomic E-state index is 13.0. The Morgan fingerprint density at radius 1 is 1.07 bits per heavy atom. The average Bonchev–Trinajstić information content (AvgIpc) is 2.60. The number of alkyl halides is 3. The summed E-state index contributed by atoms with van der Waals surface area (Å²) in [6.45, 7) is 5.38. The first-order chi connectivity index (χ1) is 13.6. The van der Waals surface area contributed by atoms with Crippen molar-refractivity contribution in [1.82, 2.24) is 10.6 Å². The second-order valence-electron chi connectivity index (χ2n) is 6.96. The zero-order valence-electron chi connectivity index (χ0n) is 16.1. The molecule has 3 N–H and O–H groups in total. The highest BCUT2D eigenvalue weighted by Gasteiger charge is 2.33. The van der Waals surface area contributed by atoms with Crippen molar-refractivity contribution in [2.45, 2.75) is 33.0 Å². The van der Waals surface area contributed by atoms with Crippen molar-refractivity contribution >= 4 is 17.6 Å². The third kappa shape index (κ3) is 4.42. The first kappa shape index (κ1) is 20.4. The molecule has 2 aromatic rings. The van der Waals surface area contributed by atoms with Gasteiger partial charge in [0.15, 0.2) is 0 Å². The van der Waals surface area contributed by atoms with Gasteiger partial charge in [0.1, 0.15) is 0 Å². The fourth-order valence-electron chi connectivity index (χ4n) is 3.35. The summed E-state index contributed by atoms with van der Waals surface area (Å²) in [7, 11) is 0. The van der Waals surface area contributed by atoms with Gasteiger partial charge >= 0.3 is 12.2 Å². The van der Waals surface area contributed by atoms with Gasteiger partial charge in [-0.05, 0) is 50.1 Å². The third-order valence-corrected chi connectivity index (χ3v) is 4.70. The van der Waals surface area contributed by atoms with E-state index in [1.54, 1.807) is 6.92 Å². The second kappa shape index (κ2) is 7.62. The molecule has 152 valence electrons. The molecule has 0 aliphatic carbocycles. The minimum Gasteiger partial charge on any atom is -0.327 e. The lowest BCUT2D eigenvalue weighted by Gasteiger charge is -2.29. The van der Waals surface area contributed by atoms with Crippen LogP contribution in [0.3, 0.4) is 0 Å². The van der Waals surface area contributed by atoms with Crippen LogP contribution in [0.4, 0.5) is 23.7 Å². The van der Waals surface area contributed by atoms with Crippen LogP contribution < -0.4 is 16.0 Å². The first-order valence-electron chi connectivity index (χ1n) is 8.90. The Labute approximate surface area is 166 Å². The largest absolute Gasteiger partial charge is 0.416 e. The normalized spacial score (nSPS) is 16.9. The Morgan fingerprint density at radius 2 is 1.79 bits per heavy atom. The van der Waals surface area contributed by atoms with Gasteiger partial charge in [0.05, 0.1) is 17.2 Å². The number of amides is 3. The molecule has 0 radical (unpaired) electrons. The number of nitrogens with one attached hydrogen (secondary N) is 3. The van der Waals surface area contributed by atoms with E-state index < -0.39 is 29.7 Å². The summed E-state index contributed by atoms with van der Waals surface area (Å²) in [6, 6.07) is 8.85. The van der Waals surface area contributed by atoms with Crippen LogP contribution in [-0.2, 0) is 11.0 Å². The van der Waals surface area contributed by atoms with Crippen LogP contribution in [0.1, 0.15) is 35.2 Å². The molecule has 0 spiro atoms. The Balaban J connectivity index is 1.96. The first-order valence-corrected chi connectivity index (χ1v) is 8.90. The number of carbonyl (C=O) groups is 2. The van der Waals surface area contributed by atoms with Gasteiger partial charge in [-0.3, -0.25) is 4.79 Å². The van der Waals surface area contributed by atoms with E-state index in [4.69, 9.17) is 0 Å². The molecule has 1 atom stereocenters. The molecule has 1 aliphatic heterocycles. The Bertz CT molecular complexity index is 1010. The van der Waals surface area contributed by atoms with Gasteiger partial charge in [-0.1, -0.05) is 29.8 Å². The summed E-state index contributed by atoms with van der Waals surface area (Å²) < 4.78 is 38.8. The van der Waals surface area contributed by atoms with E-state index in [0.29, 0.717) is 5.70 Å². The third-order valence-electron chi connectivity index (χ3n) is 4.70. The highest BCUT2D eigenvalue weighted by Crippen LogP contribution is 2.32. The minimum atomic E-state index is -4.52. The zero-order chi connectivity index (χ0) is 21.3. The summed E-state index contributed by atoms with van der Waals surface area (Å²) >= 11 is 0. The van der Waals surface area contributed by atoms with Crippen molar-refractivity contribution in [2.24, 2.45) is 0 Å². The number of urea groups is 1. The lowest BCUT2D eigenvalue weighted by Crippen LogP contribution is -2.46. The molecule has 1 unspecified atom stereocenters. The number of hydrogen-bond acceptors (Lipinski definition) is 2. The summed E-state index contributed by atoms with van der Waals surface area (Å²) in [5.41, 5.74) is 2.37. The second-order valence-corrected chi connectivity index (χ2v) is 6.96. The summed E-state index contributed by atoms with van der Waals surface area (Å²) in [4.78, 5) is 25.0. The molecule has 0 saturated carbocycles. The molecule has 2 aromatic carbocycles. The molecule has 3 rings (SSSR count). The van der Waals surface area contributed by atoms with Gasteiger partial charge in [0.25, 0.3) is 5.91 Å². The molecule has 0 fully saturated rings. The molecule has 3 amide bonds. The number of rotatable bonds is 3. The zero-order valence-corrected chi connectivity index (χ0v) is 16.1. The number of carbonyl (C=O) groups excluding carboxylic acids is 2. The van der Waals surface area contributed by atoms with E-state index in [-0.39, 0.29) is 11.3 Å². The smallest absolute Gasteiger partial charge is 0.327 e. The standard InChI is InChI=1S/C21H20F3N3O2/c1-11-7-8-16(12(2)9-11)18-17(13(3)25-20(29)27-18)19(28)26-15-6-4-5-14(10-15)21(22,23)24/h4-10,18H,1-3H3,(H,26,28)(H2,25,27,29). The fourth-order valence-corrected chi connectivity index (χ4v) is 3.35. The van der Waals surface area contributed by atoms with Crippen LogP contribution in [-0.4, -0.2) is 11.9 Å². The Hall–Kier alpha value is -3.29. The van der Waals surface area contributed by atoms with E-state index >= 15 is 0 Å². The molecule has 0 aromatic heterocycles. The van der Waals surface area contributed by atoms with E-state index in [9.17, 15) is 22.8 Å². The predicted molar refractivity (Wildman–Crippen MR) is 103 cm³/mol. The fraction of sp³-hybridized carbons (Fsp3) is 0.238. The van der Waals surface area contributed by atoms with E-state index in [2.05, 4.69) is 16.0 Å². The Kier molecular flexibility index (Phi) is 5.37. The number of aryl methyl sites for hydroxylation is 2. The number of benzene rings is 2. The van der Waals surface area contributed by atoms with Crippen LogP contribution in [0, 0.1) is 13.8 Å². The van der Waals surface area contributed by atoms with E-state index in [1.807, 2.05) is 32.0 Å². The van der Waals surface area contributed by atoms with Crippen molar-refractivity contribution in [3.05, 3.63) is 76.0 Å². The molecule has 1 aliphatic rings. The van der Waals surface area contributed by atoms with Gasteiger partial charge in [0, 0.05) is 11.4 Å². The number of hydrogen-bond donors (Lipinski definition) is 3. The van der Waals surface area contributed by atoms with Crippen LogP contribution in [0.2, 0.25) is 0 Å². The van der Waals surface area contributed by atoms with E-state index in [1.165, 1.54) is 12.1 Å². The average molecular weight is 403 g/mol. The maximum absolute atomic E-state index is 13.0. The van der Waals surface area contributed by atoms with Gasteiger partial charge in [-0.2, -0.15) is 13.2 Å². The highest BCUT2D eigenvalue weighted by atomic mass is 19.4. The van der Waals surface area contributed by atoms with Gasteiger partial charge < -0.3 is 16.0 Å². The lowest BCUT2D eigenvalue weighted by atomic mass is 9.91. The Morgan fingerprint density at radius 3 is 2.45 bits per heavy atom. The monoisotopic (exact) mass is 403 g/mol. The summed E-state index contributed by atoms with van der Waals surface area (Å²) in [5.74, 6) is -0.598. The van der Waals surface area contributed by atoms with Crippen molar-refractivity contribution in [2.75, 3.05) is 5.32 Å². The van der Waals surface area contributed by atoms with Crippen LogP contribution >= 0.6 is 0 Å². The summed E-state index contributed by atoms with van der Waals surface area (Å²) in [5, 5.41) is 7.79. The highest BCUT2D eigenvalue weighted by molar-refractivity contribution is 6.06. The van der Waals surface area contributed by atoms with Gasteiger partial charge in [0.2, 0.25) is 0 Å². The summed E-state index contributed by atoms with van der Waals surface area (Å²) in [6.07, 6.45) is -4.52. The molecular formula is C21H20F3N3O2. The molecular weight excluding hydrogens is 383 g/mol. The van der Waals surface area contributed by atoms with Crippen LogP contribution in [0.15, 0.2) is 53.7 Å². The molecule has 8 heteroatoms. The SMILES string of the molecule is CC1=C(C(=O)Nc2cccc(C(F)(F)F)c2)C(c2ccc(C)cc2C)NC(=O)N1. The van der Waals surface area contributed by atoms with E-state index in [0.717, 1.165) is 28.8 Å². The molecule has 29 heavy (non-hydrogen) atoms. The van der Waals surface area contributed by atoms with Crippen LogP contribution in [0.25, 0.3) is 0 Å². The molecule has 1 heterocycles. The molecule has 5 nitrogen and oxygen atoms in total. The topological polar surface area (TPSA) is 70.2 Å². The molecule has 0 bridgehead atoms. The number of anilines is 1. The van der Waals surface area contributed by atoms with Crippen molar-refractivity contribution in [3.8, 4) is 0 Å². The predicted octanol–water partition coefficient (Wildman–Crippen LogP) is 4.59. The van der Waals surface area contributed by atoms with Crippen molar-refractivity contribution in [3.63, 3.8) is 0 Å². The molecule has 0 saturated heterocycles. The number of allylic oxidation sites excluding steroid dienone is 1. The van der Waals surface area contributed by atoms with Crippen LogP contribution in [0.5, 0.6) is 0 Å². The quantitative estimate of drug-likeness (QED) is 0.702. The van der Waals surface area contributed by atoms with Gasteiger partial charge in [-0.25, -0.2) is 4.79 Å². The van der Waals surface area contributed by atoms with Crippen molar-refractivity contribution < 1.29 is 22.8 Å². The number of halogens is 3. The van der Waals surface area contributed by atoms with Crippen molar-refractivity contribution in [1.29, 1.82) is 0 Å².